The van der Waals surface area contributed by atoms with Crippen molar-refractivity contribution in [2.45, 2.75) is 39.9 Å². The zero-order valence-electron chi connectivity index (χ0n) is 14.8. The first-order chi connectivity index (χ1) is 12.2. The second kappa shape index (κ2) is 6.76. The molecule has 0 amide bonds. The molecule has 0 fully saturated rings. The van der Waals surface area contributed by atoms with E-state index in [1.165, 1.54) is 22.5 Å². The van der Waals surface area contributed by atoms with E-state index in [9.17, 15) is 0 Å². The maximum Gasteiger partial charge on any atom is 0.159 e. The summed E-state index contributed by atoms with van der Waals surface area (Å²) in [5.41, 5.74) is 6.09. The summed E-state index contributed by atoms with van der Waals surface area (Å²) in [5.74, 6) is 0.827. The Morgan fingerprint density at radius 3 is 2.72 bits per heavy atom. The smallest absolute Gasteiger partial charge is 0.159 e. The molecule has 1 aromatic carbocycles. The Kier molecular flexibility index (Phi) is 4.32. The zero-order valence-corrected chi connectivity index (χ0v) is 14.8. The van der Waals surface area contributed by atoms with Gasteiger partial charge in [-0.25, -0.2) is 9.97 Å². The van der Waals surface area contributed by atoms with Crippen LogP contribution < -0.4 is 0 Å². The fourth-order valence-electron chi connectivity index (χ4n) is 3.44. The molecule has 1 aliphatic rings. The lowest BCUT2D eigenvalue weighted by atomic mass is 10.1. The Morgan fingerprint density at radius 1 is 1.12 bits per heavy atom. The van der Waals surface area contributed by atoms with Gasteiger partial charge in [0.2, 0.25) is 0 Å². The minimum Gasteiger partial charge on any atom is -0.294 e. The molecule has 0 N–H and O–H groups in total. The molecule has 0 unspecified atom stereocenters. The van der Waals surface area contributed by atoms with Crippen molar-refractivity contribution in [2.24, 2.45) is 0 Å². The highest BCUT2D eigenvalue weighted by atomic mass is 15.3. The maximum atomic E-state index is 4.81. The first-order valence-corrected chi connectivity index (χ1v) is 8.88. The van der Waals surface area contributed by atoms with Gasteiger partial charge in [-0.15, -0.1) is 0 Å². The van der Waals surface area contributed by atoms with Crippen molar-refractivity contribution in [2.75, 3.05) is 6.54 Å². The average Bonchev–Trinajstić information content (AvgIpc) is 3.01. The zero-order chi connectivity index (χ0) is 17.2. The molecule has 0 bridgehead atoms. The highest BCUT2D eigenvalue weighted by Crippen LogP contribution is 2.22. The van der Waals surface area contributed by atoms with Crippen molar-refractivity contribution in [3.05, 3.63) is 65.2 Å². The highest BCUT2D eigenvalue weighted by molar-refractivity contribution is 5.54. The molecule has 3 heterocycles. The standard InChI is InChI=1S/C20H23N5/c1-3-25-15(2)17(12-22-25)13-24-10-9-19-18(14-24)11-21-20(23-19)16-7-5-4-6-8-16/h4-8,11-12H,3,9-10,13-14H2,1-2H3. The highest BCUT2D eigenvalue weighted by Gasteiger charge is 2.20. The Morgan fingerprint density at radius 2 is 1.96 bits per heavy atom. The topological polar surface area (TPSA) is 46.8 Å². The van der Waals surface area contributed by atoms with E-state index >= 15 is 0 Å². The molecular weight excluding hydrogens is 310 g/mol. The van der Waals surface area contributed by atoms with Crippen molar-refractivity contribution >= 4 is 0 Å². The van der Waals surface area contributed by atoms with Crippen LogP contribution in [-0.2, 0) is 26.1 Å². The lowest BCUT2D eigenvalue weighted by Gasteiger charge is -2.28. The van der Waals surface area contributed by atoms with Gasteiger partial charge in [0.25, 0.3) is 0 Å². The van der Waals surface area contributed by atoms with Crippen molar-refractivity contribution in [3.63, 3.8) is 0 Å². The van der Waals surface area contributed by atoms with Gasteiger partial charge in [-0.05, 0) is 13.8 Å². The minimum atomic E-state index is 0.827. The van der Waals surface area contributed by atoms with Crippen LogP contribution in [0, 0.1) is 6.92 Å². The number of aromatic nitrogens is 4. The molecule has 0 saturated carbocycles. The SMILES string of the molecule is CCn1ncc(CN2CCc3nc(-c4ccccc4)ncc3C2)c1C. The number of nitrogens with zero attached hydrogens (tertiary/aromatic N) is 5. The molecule has 0 saturated heterocycles. The summed E-state index contributed by atoms with van der Waals surface area (Å²) < 4.78 is 2.06. The lowest BCUT2D eigenvalue weighted by Crippen LogP contribution is -2.31. The van der Waals surface area contributed by atoms with E-state index < -0.39 is 0 Å². The summed E-state index contributed by atoms with van der Waals surface area (Å²) in [6.07, 6.45) is 4.97. The van der Waals surface area contributed by atoms with Crippen LogP contribution in [0.5, 0.6) is 0 Å². The Hall–Kier alpha value is -2.53. The first-order valence-electron chi connectivity index (χ1n) is 8.88. The van der Waals surface area contributed by atoms with Gasteiger partial charge < -0.3 is 0 Å². The van der Waals surface area contributed by atoms with Crippen molar-refractivity contribution in [1.82, 2.24) is 24.6 Å². The molecule has 0 atom stereocenters. The van der Waals surface area contributed by atoms with Crippen molar-refractivity contribution < 1.29 is 0 Å². The lowest BCUT2D eigenvalue weighted by molar-refractivity contribution is 0.242. The molecule has 25 heavy (non-hydrogen) atoms. The van der Waals surface area contributed by atoms with Crippen LogP contribution in [0.4, 0.5) is 0 Å². The number of benzene rings is 1. The third kappa shape index (κ3) is 3.20. The van der Waals surface area contributed by atoms with Gasteiger partial charge in [0.1, 0.15) is 0 Å². The van der Waals surface area contributed by atoms with Gasteiger partial charge in [0.15, 0.2) is 5.82 Å². The Balaban J connectivity index is 1.51. The molecule has 4 rings (SSSR count). The summed E-state index contributed by atoms with van der Waals surface area (Å²) in [7, 11) is 0. The summed E-state index contributed by atoms with van der Waals surface area (Å²) >= 11 is 0. The average molecular weight is 333 g/mol. The van der Waals surface area contributed by atoms with E-state index in [0.717, 1.165) is 44.0 Å². The van der Waals surface area contributed by atoms with Gasteiger partial charge in [0.05, 0.1) is 11.9 Å². The molecule has 2 aromatic heterocycles. The van der Waals surface area contributed by atoms with Crippen LogP contribution >= 0.6 is 0 Å². The Bertz CT molecular complexity index is 869. The predicted molar refractivity (Wildman–Crippen MR) is 97.9 cm³/mol. The van der Waals surface area contributed by atoms with Crippen LogP contribution in [0.1, 0.15) is 29.4 Å². The number of rotatable bonds is 4. The summed E-state index contributed by atoms with van der Waals surface area (Å²) in [6, 6.07) is 10.2. The van der Waals surface area contributed by atoms with E-state index in [1.807, 2.05) is 30.6 Å². The third-order valence-electron chi connectivity index (χ3n) is 4.94. The monoisotopic (exact) mass is 333 g/mol. The van der Waals surface area contributed by atoms with Crippen molar-refractivity contribution in [3.8, 4) is 11.4 Å². The van der Waals surface area contributed by atoms with Gasteiger partial charge in [0, 0.05) is 61.2 Å². The van der Waals surface area contributed by atoms with Gasteiger partial charge in [-0.2, -0.15) is 5.10 Å². The molecule has 0 radical (unpaired) electrons. The molecular formula is C20H23N5. The minimum absolute atomic E-state index is 0.827. The van der Waals surface area contributed by atoms with E-state index in [0.29, 0.717) is 0 Å². The number of fused-ring (bicyclic) bond motifs is 1. The van der Waals surface area contributed by atoms with Gasteiger partial charge in [-0.3, -0.25) is 9.58 Å². The Labute approximate surface area is 148 Å². The molecule has 1 aliphatic heterocycles. The fourth-order valence-corrected chi connectivity index (χ4v) is 3.44. The molecule has 0 spiro atoms. The molecule has 3 aromatic rings. The number of hydrogen-bond donors (Lipinski definition) is 0. The van der Waals surface area contributed by atoms with Gasteiger partial charge >= 0.3 is 0 Å². The van der Waals surface area contributed by atoms with E-state index in [2.05, 4.69) is 45.6 Å². The first kappa shape index (κ1) is 16.0. The molecule has 0 aliphatic carbocycles. The number of aryl methyl sites for hydroxylation is 1. The normalized spacial score (nSPS) is 14.5. The van der Waals surface area contributed by atoms with Crippen molar-refractivity contribution in [1.29, 1.82) is 0 Å². The molecule has 5 nitrogen and oxygen atoms in total. The third-order valence-corrected chi connectivity index (χ3v) is 4.94. The van der Waals surface area contributed by atoms with Gasteiger partial charge in [-0.1, -0.05) is 30.3 Å². The van der Waals surface area contributed by atoms with Crippen LogP contribution in [0.25, 0.3) is 11.4 Å². The second-order valence-electron chi connectivity index (χ2n) is 6.56. The summed E-state index contributed by atoms with van der Waals surface area (Å²) in [6.45, 7) is 8.06. The fraction of sp³-hybridized carbons (Fsp3) is 0.350. The van der Waals surface area contributed by atoms with E-state index in [-0.39, 0.29) is 0 Å². The summed E-state index contributed by atoms with van der Waals surface area (Å²) in [5, 5.41) is 4.45. The van der Waals surface area contributed by atoms with E-state index in [4.69, 9.17) is 4.98 Å². The second-order valence-corrected chi connectivity index (χ2v) is 6.56. The maximum absolute atomic E-state index is 4.81. The largest absolute Gasteiger partial charge is 0.294 e. The van der Waals surface area contributed by atoms with E-state index in [1.54, 1.807) is 0 Å². The quantitative estimate of drug-likeness (QED) is 0.735. The number of hydrogen-bond acceptors (Lipinski definition) is 4. The molecule has 128 valence electrons. The predicted octanol–water partition coefficient (Wildman–Crippen LogP) is 3.23. The van der Waals surface area contributed by atoms with Crippen LogP contribution in [0.2, 0.25) is 0 Å². The molecule has 5 heteroatoms. The summed E-state index contributed by atoms with van der Waals surface area (Å²) in [4.78, 5) is 11.8. The van der Waals surface area contributed by atoms with Crippen LogP contribution in [0.15, 0.2) is 42.7 Å². The van der Waals surface area contributed by atoms with Crippen LogP contribution in [-0.4, -0.2) is 31.2 Å². The van der Waals surface area contributed by atoms with Crippen LogP contribution in [0.3, 0.4) is 0 Å².